The first-order chi connectivity index (χ1) is 8.52. The van der Waals surface area contributed by atoms with Gasteiger partial charge in [-0.1, -0.05) is 6.07 Å². The zero-order chi connectivity index (χ0) is 13.5. The SMILES string of the molecule is COCCC(C)Nc1ccc(C)c(NC(C)=O)c1. The molecular weight excluding hydrogens is 228 g/mol. The number of hydrogen-bond acceptors (Lipinski definition) is 3. The van der Waals surface area contributed by atoms with Gasteiger partial charge in [0, 0.05) is 38.1 Å². The van der Waals surface area contributed by atoms with E-state index in [-0.39, 0.29) is 5.91 Å². The van der Waals surface area contributed by atoms with Crippen molar-refractivity contribution in [2.24, 2.45) is 0 Å². The molecule has 18 heavy (non-hydrogen) atoms. The van der Waals surface area contributed by atoms with Crippen LogP contribution < -0.4 is 10.6 Å². The first-order valence-corrected chi connectivity index (χ1v) is 6.16. The smallest absolute Gasteiger partial charge is 0.221 e. The summed E-state index contributed by atoms with van der Waals surface area (Å²) < 4.78 is 5.05. The Hall–Kier alpha value is -1.55. The maximum atomic E-state index is 11.1. The molecule has 0 radical (unpaired) electrons. The van der Waals surface area contributed by atoms with Crippen LogP contribution in [0, 0.1) is 6.92 Å². The Balaban J connectivity index is 2.69. The fourth-order valence-corrected chi connectivity index (χ4v) is 1.69. The van der Waals surface area contributed by atoms with E-state index < -0.39 is 0 Å². The Morgan fingerprint density at radius 2 is 2.17 bits per heavy atom. The number of aryl methyl sites for hydroxylation is 1. The average molecular weight is 250 g/mol. The van der Waals surface area contributed by atoms with Crippen LogP contribution in [0.15, 0.2) is 18.2 Å². The summed E-state index contributed by atoms with van der Waals surface area (Å²) in [6.07, 6.45) is 0.944. The minimum atomic E-state index is -0.0531. The number of amides is 1. The van der Waals surface area contributed by atoms with Crippen LogP contribution in [0.1, 0.15) is 25.8 Å². The summed E-state index contributed by atoms with van der Waals surface area (Å²) in [6, 6.07) is 6.30. The first-order valence-electron chi connectivity index (χ1n) is 6.16. The highest BCUT2D eigenvalue weighted by Gasteiger charge is 2.05. The number of carbonyl (C=O) groups is 1. The molecule has 0 saturated heterocycles. The monoisotopic (exact) mass is 250 g/mol. The van der Waals surface area contributed by atoms with Gasteiger partial charge in [0.1, 0.15) is 0 Å². The summed E-state index contributed by atoms with van der Waals surface area (Å²) in [6.45, 7) is 6.33. The molecule has 1 atom stereocenters. The molecule has 4 nitrogen and oxygen atoms in total. The second kappa shape index (κ2) is 7.01. The van der Waals surface area contributed by atoms with Gasteiger partial charge >= 0.3 is 0 Å². The second-order valence-corrected chi connectivity index (χ2v) is 4.54. The van der Waals surface area contributed by atoms with Gasteiger partial charge in [0.2, 0.25) is 5.91 Å². The summed E-state index contributed by atoms with van der Waals surface area (Å²) in [4.78, 5) is 11.1. The number of methoxy groups -OCH3 is 1. The molecule has 1 rings (SSSR count). The largest absolute Gasteiger partial charge is 0.385 e. The lowest BCUT2D eigenvalue weighted by Crippen LogP contribution is -2.17. The molecule has 0 aliphatic heterocycles. The third-order valence-corrected chi connectivity index (χ3v) is 2.72. The van der Waals surface area contributed by atoms with E-state index in [0.717, 1.165) is 30.0 Å². The Labute approximate surface area is 109 Å². The van der Waals surface area contributed by atoms with E-state index in [0.29, 0.717) is 6.04 Å². The van der Waals surface area contributed by atoms with Crippen LogP contribution in [0.4, 0.5) is 11.4 Å². The van der Waals surface area contributed by atoms with Gasteiger partial charge in [-0.3, -0.25) is 4.79 Å². The van der Waals surface area contributed by atoms with Crippen molar-refractivity contribution in [3.05, 3.63) is 23.8 Å². The maximum Gasteiger partial charge on any atom is 0.221 e. The Bertz CT molecular complexity index is 405. The molecule has 2 N–H and O–H groups in total. The Morgan fingerprint density at radius 1 is 1.44 bits per heavy atom. The van der Waals surface area contributed by atoms with Gasteiger partial charge in [0.25, 0.3) is 0 Å². The molecule has 1 aromatic carbocycles. The van der Waals surface area contributed by atoms with Crippen molar-refractivity contribution in [3.8, 4) is 0 Å². The lowest BCUT2D eigenvalue weighted by atomic mass is 10.1. The van der Waals surface area contributed by atoms with Crippen LogP contribution in [-0.2, 0) is 9.53 Å². The summed E-state index contributed by atoms with van der Waals surface area (Å²) in [7, 11) is 1.70. The number of anilines is 2. The molecule has 0 aliphatic rings. The molecule has 0 bridgehead atoms. The van der Waals surface area contributed by atoms with Gasteiger partial charge in [-0.25, -0.2) is 0 Å². The number of nitrogens with one attached hydrogen (secondary N) is 2. The number of ether oxygens (including phenoxy) is 1. The fraction of sp³-hybridized carbons (Fsp3) is 0.500. The predicted octanol–water partition coefficient (Wildman–Crippen LogP) is 2.79. The van der Waals surface area contributed by atoms with Gasteiger partial charge in [-0.2, -0.15) is 0 Å². The summed E-state index contributed by atoms with van der Waals surface area (Å²) >= 11 is 0. The van der Waals surface area contributed by atoms with E-state index >= 15 is 0 Å². The quantitative estimate of drug-likeness (QED) is 0.816. The molecule has 1 aromatic rings. The number of hydrogen-bond donors (Lipinski definition) is 2. The standard InChI is InChI=1S/C14H22N2O2/c1-10-5-6-13(9-14(10)16-12(3)17)15-11(2)7-8-18-4/h5-6,9,11,15H,7-8H2,1-4H3,(H,16,17). The molecule has 1 unspecified atom stereocenters. The maximum absolute atomic E-state index is 11.1. The normalized spacial score (nSPS) is 12.0. The van der Waals surface area contributed by atoms with E-state index in [1.807, 2.05) is 25.1 Å². The molecule has 0 aromatic heterocycles. The molecule has 0 fully saturated rings. The molecule has 1 amide bonds. The minimum absolute atomic E-state index is 0.0531. The van der Waals surface area contributed by atoms with Crippen molar-refractivity contribution < 1.29 is 9.53 Å². The minimum Gasteiger partial charge on any atom is -0.385 e. The van der Waals surface area contributed by atoms with Crippen molar-refractivity contribution in [3.63, 3.8) is 0 Å². The Kier molecular flexibility index (Phi) is 5.65. The van der Waals surface area contributed by atoms with Crippen molar-refractivity contribution in [1.29, 1.82) is 0 Å². The van der Waals surface area contributed by atoms with Crippen molar-refractivity contribution in [2.75, 3.05) is 24.4 Å². The molecule has 0 heterocycles. The highest BCUT2D eigenvalue weighted by molar-refractivity contribution is 5.90. The molecule has 0 aliphatic carbocycles. The zero-order valence-electron chi connectivity index (χ0n) is 11.5. The van der Waals surface area contributed by atoms with E-state index in [2.05, 4.69) is 17.6 Å². The molecule has 4 heteroatoms. The predicted molar refractivity (Wildman–Crippen MR) is 75.1 cm³/mol. The van der Waals surface area contributed by atoms with Crippen LogP contribution in [0.3, 0.4) is 0 Å². The zero-order valence-corrected chi connectivity index (χ0v) is 11.5. The Morgan fingerprint density at radius 3 is 2.78 bits per heavy atom. The lowest BCUT2D eigenvalue weighted by Gasteiger charge is -2.16. The van der Waals surface area contributed by atoms with E-state index in [9.17, 15) is 4.79 Å². The molecule has 0 spiro atoms. The van der Waals surface area contributed by atoms with Crippen LogP contribution in [0.2, 0.25) is 0 Å². The van der Waals surface area contributed by atoms with Crippen LogP contribution >= 0.6 is 0 Å². The van der Waals surface area contributed by atoms with Gasteiger partial charge < -0.3 is 15.4 Å². The first kappa shape index (κ1) is 14.5. The van der Waals surface area contributed by atoms with Gasteiger partial charge in [0.05, 0.1) is 0 Å². The summed E-state index contributed by atoms with van der Waals surface area (Å²) in [5, 5.41) is 6.21. The highest BCUT2D eigenvalue weighted by atomic mass is 16.5. The highest BCUT2D eigenvalue weighted by Crippen LogP contribution is 2.21. The number of rotatable bonds is 6. The van der Waals surface area contributed by atoms with Crippen molar-refractivity contribution >= 4 is 17.3 Å². The average Bonchev–Trinajstić information content (AvgIpc) is 2.30. The third kappa shape index (κ3) is 4.75. The van der Waals surface area contributed by atoms with Gasteiger partial charge in [-0.15, -0.1) is 0 Å². The van der Waals surface area contributed by atoms with Gasteiger partial charge in [0.15, 0.2) is 0 Å². The number of carbonyl (C=O) groups excluding carboxylic acids is 1. The van der Waals surface area contributed by atoms with Crippen LogP contribution in [0.5, 0.6) is 0 Å². The van der Waals surface area contributed by atoms with Crippen LogP contribution in [0.25, 0.3) is 0 Å². The molecule has 0 saturated carbocycles. The summed E-state index contributed by atoms with van der Waals surface area (Å²) in [5.74, 6) is -0.0531. The van der Waals surface area contributed by atoms with E-state index in [1.54, 1.807) is 7.11 Å². The van der Waals surface area contributed by atoms with E-state index in [1.165, 1.54) is 6.92 Å². The van der Waals surface area contributed by atoms with Crippen molar-refractivity contribution in [1.82, 2.24) is 0 Å². The van der Waals surface area contributed by atoms with Crippen LogP contribution in [-0.4, -0.2) is 25.7 Å². The topological polar surface area (TPSA) is 50.4 Å². The molecular formula is C14H22N2O2. The lowest BCUT2D eigenvalue weighted by molar-refractivity contribution is -0.114. The molecule has 100 valence electrons. The van der Waals surface area contributed by atoms with Crippen molar-refractivity contribution in [2.45, 2.75) is 33.2 Å². The number of benzene rings is 1. The van der Waals surface area contributed by atoms with Gasteiger partial charge in [-0.05, 0) is 38.0 Å². The second-order valence-electron chi connectivity index (χ2n) is 4.54. The van der Waals surface area contributed by atoms with E-state index in [4.69, 9.17) is 4.74 Å². The third-order valence-electron chi connectivity index (χ3n) is 2.72. The fourth-order valence-electron chi connectivity index (χ4n) is 1.69. The summed E-state index contributed by atoms with van der Waals surface area (Å²) in [5.41, 5.74) is 2.92.